The number of aromatic amines is 1. The molecule has 0 radical (unpaired) electrons. The number of ketones is 1. The van der Waals surface area contributed by atoms with E-state index in [0.29, 0.717) is 22.7 Å². The third kappa shape index (κ3) is 4.18. The second-order valence-corrected chi connectivity index (χ2v) is 11.3. The van der Waals surface area contributed by atoms with Crippen LogP contribution in [0.25, 0.3) is 21.6 Å². The second kappa shape index (κ2) is 8.62. The average Bonchev–Trinajstić information content (AvgIpc) is 3.47. The molecule has 172 valence electrons. The van der Waals surface area contributed by atoms with Crippen molar-refractivity contribution >= 4 is 43.7 Å². The van der Waals surface area contributed by atoms with Gasteiger partial charge < -0.3 is 10.3 Å². The first-order valence-corrected chi connectivity index (χ1v) is 13.1. The number of carbonyl (C=O) groups excluding carboxylic acids is 1. The largest absolute Gasteiger partial charge is 0.381 e. The van der Waals surface area contributed by atoms with Crippen LogP contribution in [-0.4, -0.2) is 45.9 Å². The Balaban J connectivity index is 1.33. The van der Waals surface area contributed by atoms with Gasteiger partial charge >= 0.3 is 0 Å². The van der Waals surface area contributed by atoms with Crippen molar-refractivity contribution in [2.45, 2.75) is 30.8 Å². The number of thiazole rings is 1. The van der Waals surface area contributed by atoms with Gasteiger partial charge in [0.15, 0.2) is 20.6 Å². The molecule has 4 aromatic heterocycles. The molecule has 0 spiro atoms. The minimum atomic E-state index is -3.58. The fraction of sp³-hybridized carbons (Fsp3) is 0.261. The second-order valence-electron chi connectivity index (χ2n) is 8.33. The molecule has 2 N–H and O–H groups in total. The van der Waals surface area contributed by atoms with Gasteiger partial charge in [-0.25, -0.2) is 23.4 Å². The van der Waals surface area contributed by atoms with Crippen molar-refractivity contribution in [3.63, 3.8) is 0 Å². The van der Waals surface area contributed by atoms with Crippen LogP contribution in [0.1, 0.15) is 35.0 Å². The molecule has 11 heteroatoms. The lowest BCUT2D eigenvalue weighted by molar-refractivity contribution is 0.102. The zero-order chi connectivity index (χ0) is 23.9. The molecule has 34 heavy (non-hydrogen) atoms. The summed E-state index contributed by atoms with van der Waals surface area (Å²) in [6.45, 7) is 1.51. The Morgan fingerprint density at radius 3 is 2.82 bits per heavy atom. The van der Waals surface area contributed by atoms with Gasteiger partial charge in [0, 0.05) is 43.1 Å². The van der Waals surface area contributed by atoms with Crippen molar-refractivity contribution in [2.24, 2.45) is 5.92 Å². The highest BCUT2D eigenvalue weighted by molar-refractivity contribution is 7.91. The highest BCUT2D eigenvalue weighted by Gasteiger charge is 2.34. The van der Waals surface area contributed by atoms with Gasteiger partial charge in [0.25, 0.3) is 0 Å². The Morgan fingerprint density at radius 1 is 1.26 bits per heavy atom. The minimum Gasteiger partial charge on any atom is -0.381 e. The van der Waals surface area contributed by atoms with E-state index in [2.05, 4.69) is 25.3 Å². The van der Waals surface area contributed by atoms with E-state index in [1.54, 1.807) is 12.4 Å². The van der Waals surface area contributed by atoms with E-state index in [4.69, 9.17) is 5.26 Å². The molecule has 1 aliphatic rings. The lowest BCUT2D eigenvalue weighted by Crippen LogP contribution is -2.39. The standard InChI is InChI=1S/C23H20N6O3S2/c1-13(30)19-11-28-23(33-19)18-10-27-22-17(3-5-26-22)21(18)29-16-6-15(7-16)12-34(31,32)20-8-14(9-24)2-4-25-20/h2-5,8,10-11,15-16H,6-7,12H2,1H3,(H2,26,27,29). The summed E-state index contributed by atoms with van der Waals surface area (Å²) in [6, 6.07) is 6.77. The Morgan fingerprint density at radius 2 is 2.09 bits per heavy atom. The van der Waals surface area contributed by atoms with Crippen LogP contribution in [-0.2, 0) is 9.84 Å². The molecule has 0 unspecified atom stereocenters. The van der Waals surface area contributed by atoms with E-state index in [-0.39, 0.29) is 34.1 Å². The molecule has 0 saturated heterocycles. The molecule has 4 heterocycles. The molecule has 4 aromatic rings. The maximum absolute atomic E-state index is 12.8. The average molecular weight is 493 g/mol. The fourth-order valence-electron chi connectivity index (χ4n) is 4.13. The number of sulfone groups is 1. The van der Waals surface area contributed by atoms with Gasteiger partial charge in [0.2, 0.25) is 0 Å². The summed E-state index contributed by atoms with van der Waals surface area (Å²) in [6.07, 6.45) is 7.84. The van der Waals surface area contributed by atoms with Crippen LogP contribution in [0.5, 0.6) is 0 Å². The number of carbonyl (C=O) groups is 1. The van der Waals surface area contributed by atoms with Gasteiger partial charge in [-0.15, -0.1) is 11.3 Å². The number of fused-ring (bicyclic) bond motifs is 1. The fourth-order valence-corrected chi connectivity index (χ4v) is 6.54. The van der Waals surface area contributed by atoms with Crippen molar-refractivity contribution in [2.75, 3.05) is 11.1 Å². The SMILES string of the molecule is CC(=O)c1cnc(-c2cnc3[nH]ccc3c2NC2CC(CS(=O)(=O)c3cc(C#N)ccn3)C2)s1. The maximum Gasteiger partial charge on any atom is 0.195 e. The molecule has 5 rings (SSSR count). The molecule has 0 atom stereocenters. The van der Waals surface area contributed by atoms with E-state index in [1.165, 1.54) is 36.6 Å². The van der Waals surface area contributed by atoms with Crippen LogP contribution in [0.3, 0.4) is 0 Å². The Bertz CT molecular complexity index is 1540. The molecule has 1 aliphatic carbocycles. The summed E-state index contributed by atoms with van der Waals surface area (Å²) in [5.41, 5.74) is 2.68. The van der Waals surface area contributed by atoms with Crippen LogP contribution in [0.2, 0.25) is 0 Å². The van der Waals surface area contributed by atoms with Crippen LogP contribution >= 0.6 is 11.3 Å². The first-order chi connectivity index (χ1) is 16.3. The van der Waals surface area contributed by atoms with E-state index in [0.717, 1.165) is 22.3 Å². The highest BCUT2D eigenvalue weighted by atomic mass is 32.2. The van der Waals surface area contributed by atoms with Crippen molar-refractivity contribution in [1.82, 2.24) is 19.9 Å². The number of nitrogens with zero attached hydrogens (tertiary/aromatic N) is 4. The van der Waals surface area contributed by atoms with Crippen LogP contribution in [0.15, 0.2) is 48.0 Å². The Kier molecular flexibility index (Phi) is 5.63. The molecule has 0 amide bonds. The molecule has 1 fully saturated rings. The van der Waals surface area contributed by atoms with E-state index >= 15 is 0 Å². The van der Waals surface area contributed by atoms with Crippen LogP contribution in [0, 0.1) is 17.2 Å². The van der Waals surface area contributed by atoms with Gasteiger partial charge in [-0.3, -0.25) is 4.79 Å². The molecular formula is C23H20N6O3S2. The zero-order valence-electron chi connectivity index (χ0n) is 18.1. The third-order valence-electron chi connectivity index (χ3n) is 5.89. The number of pyridine rings is 2. The van der Waals surface area contributed by atoms with Crippen molar-refractivity contribution in [3.05, 3.63) is 53.4 Å². The molecule has 1 saturated carbocycles. The molecule has 0 bridgehead atoms. The van der Waals surface area contributed by atoms with Crippen molar-refractivity contribution in [1.29, 1.82) is 5.26 Å². The number of anilines is 1. The number of aromatic nitrogens is 4. The van der Waals surface area contributed by atoms with Gasteiger partial charge in [0.05, 0.1) is 33.5 Å². The Labute approximate surface area is 199 Å². The molecule has 0 aromatic carbocycles. The first kappa shape index (κ1) is 22.2. The smallest absolute Gasteiger partial charge is 0.195 e. The maximum atomic E-state index is 12.8. The number of hydrogen-bond acceptors (Lipinski definition) is 9. The van der Waals surface area contributed by atoms with E-state index in [9.17, 15) is 13.2 Å². The Hall–Kier alpha value is -3.62. The predicted molar refractivity (Wildman–Crippen MR) is 128 cm³/mol. The van der Waals surface area contributed by atoms with Crippen molar-refractivity contribution < 1.29 is 13.2 Å². The zero-order valence-corrected chi connectivity index (χ0v) is 19.8. The lowest BCUT2D eigenvalue weighted by atomic mass is 9.81. The van der Waals surface area contributed by atoms with Gasteiger partial charge in [-0.05, 0) is 37.0 Å². The number of rotatable bonds is 7. The molecule has 9 nitrogen and oxygen atoms in total. The van der Waals surface area contributed by atoms with E-state index in [1.807, 2.05) is 18.3 Å². The van der Waals surface area contributed by atoms with Gasteiger partial charge in [0.1, 0.15) is 10.7 Å². The van der Waals surface area contributed by atoms with Gasteiger partial charge in [-0.1, -0.05) is 0 Å². The van der Waals surface area contributed by atoms with Crippen LogP contribution < -0.4 is 5.32 Å². The third-order valence-corrected chi connectivity index (χ3v) is 8.79. The quantitative estimate of drug-likeness (QED) is 0.371. The van der Waals surface area contributed by atoms with Crippen LogP contribution in [0.4, 0.5) is 5.69 Å². The monoisotopic (exact) mass is 492 g/mol. The van der Waals surface area contributed by atoms with E-state index < -0.39 is 9.84 Å². The highest BCUT2D eigenvalue weighted by Crippen LogP contribution is 2.39. The summed E-state index contributed by atoms with van der Waals surface area (Å²) in [4.78, 5) is 28.3. The van der Waals surface area contributed by atoms with Gasteiger partial charge in [-0.2, -0.15) is 5.26 Å². The number of hydrogen-bond donors (Lipinski definition) is 2. The predicted octanol–water partition coefficient (Wildman–Crippen LogP) is 3.82. The minimum absolute atomic E-state index is 0.00813. The normalized spacial score (nSPS) is 17.8. The summed E-state index contributed by atoms with van der Waals surface area (Å²) < 4.78 is 25.5. The first-order valence-electron chi connectivity index (χ1n) is 10.6. The molecule has 0 aliphatic heterocycles. The summed E-state index contributed by atoms with van der Waals surface area (Å²) in [7, 11) is -3.58. The number of nitrogens with one attached hydrogen (secondary N) is 2. The summed E-state index contributed by atoms with van der Waals surface area (Å²) in [5.74, 6) is -0.0532. The summed E-state index contributed by atoms with van der Waals surface area (Å²) >= 11 is 1.32. The summed E-state index contributed by atoms with van der Waals surface area (Å²) in [5, 5.41) is 14.1. The number of H-pyrrole nitrogens is 1. The number of Topliss-reactive ketones (excluding diaryl/α,β-unsaturated/α-hetero) is 1. The lowest BCUT2D eigenvalue weighted by Gasteiger charge is -2.36. The van der Waals surface area contributed by atoms with Crippen molar-refractivity contribution in [3.8, 4) is 16.6 Å². The topological polar surface area (TPSA) is 141 Å². The number of nitriles is 1. The molecular weight excluding hydrogens is 472 g/mol.